The van der Waals surface area contributed by atoms with Gasteiger partial charge in [-0.2, -0.15) is 0 Å². The van der Waals surface area contributed by atoms with Gasteiger partial charge < -0.3 is 9.47 Å². The molecule has 0 fully saturated rings. The number of hydrogen-bond donors (Lipinski definition) is 1. The largest absolute Gasteiger partial charge is 0.464 e. The summed E-state index contributed by atoms with van der Waals surface area (Å²) >= 11 is 0. The molecule has 104 valence electrons. The van der Waals surface area contributed by atoms with Gasteiger partial charge in [0.2, 0.25) is 0 Å². The van der Waals surface area contributed by atoms with Gasteiger partial charge >= 0.3 is 12.1 Å². The molecule has 1 aromatic heterocycles. The number of carbonyl (C=O) groups excluding carboxylic acids is 2. The highest BCUT2D eigenvalue weighted by Gasteiger charge is 2.20. The monoisotopic (exact) mass is 270 g/mol. The lowest BCUT2D eigenvalue weighted by molar-refractivity contribution is 0.0595. The minimum absolute atomic E-state index is 0.110. The van der Waals surface area contributed by atoms with Crippen LogP contribution < -0.4 is 5.32 Å². The minimum atomic E-state index is -0.815. The van der Waals surface area contributed by atoms with Crippen LogP contribution in [0.1, 0.15) is 31.3 Å². The first kappa shape index (κ1) is 14.9. The SMILES string of the molecule is COC(=O)c1ncc(F)cc1NC(=O)OC(C)(C)C. The number of ether oxygens (including phenoxy) is 2. The summed E-state index contributed by atoms with van der Waals surface area (Å²) in [5, 5.41) is 2.26. The van der Waals surface area contributed by atoms with Crippen molar-refractivity contribution in [3.63, 3.8) is 0 Å². The van der Waals surface area contributed by atoms with Crippen LogP contribution in [0, 0.1) is 5.82 Å². The lowest BCUT2D eigenvalue weighted by Gasteiger charge is -2.20. The average molecular weight is 270 g/mol. The Morgan fingerprint density at radius 2 is 2.00 bits per heavy atom. The first-order valence-corrected chi connectivity index (χ1v) is 5.47. The maximum absolute atomic E-state index is 13.1. The number of rotatable bonds is 2. The predicted octanol–water partition coefficient (Wildman–Crippen LogP) is 2.35. The predicted molar refractivity (Wildman–Crippen MR) is 65.4 cm³/mol. The molecule has 1 rings (SSSR count). The second kappa shape index (κ2) is 5.64. The molecule has 0 bridgehead atoms. The van der Waals surface area contributed by atoms with Crippen molar-refractivity contribution in [2.45, 2.75) is 26.4 Å². The molecule has 0 aromatic carbocycles. The van der Waals surface area contributed by atoms with E-state index in [9.17, 15) is 14.0 Å². The third-order valence-electron chi connectivity index (χ3n) is 1.87. The van der Waals surface area contributed by atoms with Crippen molar-refractivity contribution in [3.05, 3.63) is 23.8 Å². The first-order valence-electron chi connectivity index (χ1n) is 5.47. The van der Waals surface area contributed by atoms with Gasteiger partial charge in [-0.1, -0.05) is 0 Å². The molecule has 0 saturated heterocycles. The summed E-state index contributed by atoms with van der Waals surface area (Å²) in [4.78, 5) is 26.6. The summed E-state index contributed by atoms with van der Waals surface area (Å²) in [6.45, 7) is 5.03. The van der Waals surface area contributed by atoms with Crippen LogP contribution in [0.2, 0.25) is 0 Å². The highest BCUT2D eigenvalue weighted by molar-refractivity contribution is 5.97. The first-order chi connectivity index (χ1) is 8.73. The van der Waals surface area contributed by atoms with Crippen molar-refractivity contribution < 1.29 is 23.5 Å². The Balaban J connectivity index is 2.96. The van der Waals surface area contributed by atoms with E-state index >= 15 is 0 Å². The fourth-order valence-corrected chi connectivity index (χ4v) is 1.21. The van der Waals surface area contributed by atoms with Crippen molar-refractivity contribution >= 4 is 17.7 Å². The molecule has 1 aromatic rings. The normalized spacial score (nSPS) is 10.8. The van der Waals surface area contributed by atoms with Gasteiger partial charge in [-0.3, -0.25) is 5.32 Å². The topological polar surface area (TPSA) is 77.5 Å². The molecule has 0 aliphatic carbocycles. The van der Waals surface area contributed by atoms with Gasteiger partial charge in [-0.15, -0.1) is 0 Å². The molecule has 0 saturated carbocycles. The van der Waals surface area contributed by atoms with Crippen LogP contribution >= 0.6 is 0 Å². The van der Waals surface area contributed by atoms with Gasteiger partial charge in [0.15, 0.2) is 5.69 Å². The third kappa shape index (κ3) is 4.53. The number of halogens is 1. The minimum Gasteiger partial charge on any atom is -0.464 e. The van der Waals surface area contributed by atoms with Gasteiger partial charge in [0.05, 0.1) is 19.0 Å². The number of amides is 1. The molecule has 0 unspecified atom stereocenters. The number of aromatic nitrogens is 1. The Morgan fingerprint density at radius 1 is 1.37 bits per heavy atom. The number of nitrogens with one attached hydrogen (secondary N) is 1. The molecule has 7 heteroatoms. The van der Waals surface area contributed by atoms with Crippen LogP contribution in [0.3, 0.4) is 0 Å². The third-order valence-corrected chi connectivity index (χ3v) is 1.87. The molecule has 0 spiro atoms. The average Bonchev–Trinajstić information content (AvgIpc) is 2.25. The molecule has 19 heavy (non-hydrogen) atoms. The Hall–Kier alpha value is -2.18. The number of carbonyl (C=O) groups is 2. The van der Waals surface area contributed by atoms with Crippen LogP contribution in [-0.2, 0) is 9.47 Å². The van der Waals surface area contributed by atoms with Gasteiger partial charge in [0.25, 0.3) is 0 Å². The molecule has 6 nitrogen and oxygen atoms in total. The lowest BCUT2D eigenvalue weighted by Crippen LogP contribution is -2.28. The van der Waals surface area contributed by atoms with Crippen LogP contribution in [-0.4, -0.2) is 29.8 Å². The van der Waals surface area contributed by atoms with E-state index in [0.717, 1.165) is 19.4 Å². The highest BCUT2D eigenvalue weighted by Crippen LogP contribution is 2.17. The maximum atomic E-state index is 13.1. The molecule has 0 radical (unpaired) electrons. The van der Waals surface area contributed by atoms with Crippen molar-refractivity contribution in [1.29, 1.82) is 0 Å². The van der Waals surface area contributed by atoms with Gasteiger partial charge in [0, 0.05) is 6.07 Å². The number of anilines is 1. The molecule has 1 N–H and O–H groups in total. The highest BCUT2D eigenvalue weighted by atomic mass is 19.1. The molecular weight excluding hydrogens is 255 g/mol. The van der Waals surface area contributed by atoms with E-state index in [4.69, 9.17) is 4.74 Å². The molecule has 1 heterocycles. The van der Waals surface area contributed by atoms with Crippen molar-refractivity contribution in [1.82, 2.24) is 4.98 Å². The second-order valence-corrected chi connectivity index (χ2v) is 4.67. The number of pyridine rings is 1. The lowest BCUT2D eigenvalue weighted by atomic mass is 10.2. The van der Waals surface area contributed by atoms with Crippen LogP contribution in [0.15, 0.2) is 12.3 Å². The quantitative estimate of drug-likeness (QED) is 0.835. The summed E-state index contributed by atoms with van der Waals surface area (Å²) in [5.41, 5.74) is -1.02. The Bertz CT molecular complexity index is 497. The summed E-state index contributed by atoms with van der Waals surface area (Å²) in [5.74, 6) is -1.48. The number of nitrogens with zero attached hydrogens (tertiary/aromatic N) is 1. The zero-order chi connectivity index (χ0) is 14.6. The molecule has 1 amide bonds. The Kier molecular flexibility index (Phi) is 4.42. The van der Waals surface area contributed by atoms with Crippen molar-refractivity contribution in [3.8, 4) is 0 Å². The van der Waals surface area contributed by atoms with Gasteiger partial charge in [0.1, 0.15) is 11.4 Å². The summed E-state index contributed by atoms with van der Waals surface area (Å²) in [6, 6.07) is 0.961. The van der Waals surface area contributed by atoms with E-state index in [1.807, 2.05) is 0 Å². The van der Waals surface area contributed by atoms with E-state index in [1.54, 1.807) is 20.8 Å². The zero-order valence-electron chi connectivity index (χ0n) is 11.1. The second-order valence-electron chi connectivity index (χ2n) is 4.67. The van der Waals surface area contributed by atoms with E-state index in [1.165, 1.54) is 0 Å². The van der Waals surface area contributed by atoms with Crippen LogP contribution in [0.4, 0.5) is 14.9 Å². The van der Waals surface area contributed by atoms with Gasteiger partial charge in [-0.25, -0.2) is 19.0 Å². The number of esters is 1. The van der Waals surface area contributed by atoms with Crippen molar-refractivity contribution in [2.24, 2.45) is 0 Å². The van der Waals surface area contributed by atoms with E-state index in [-0.39, 0.29) is 11.4 Å². The summed E-state index contributed by atoms with van der Waals surface area (Å²) in [7, 11) is 1.16. The molecule has 0 atom stereocenters. The van der Waals surface area contributed by atoms with E-state index in [0.29, 0.717) is 0 Å². The summed E-state index contributed by atoms with van der Waals surface area (Å²) in [6.07, 6.45) is 0.0389. The molecule has 0 aliphatic heterocycles. The summed E-state index contributed by atoms with van der Waals surface area (Å²) < 4.78 is 22.6. The standard InChI is InChI=1S/C12H15FN2O4/c1-12(2,3)19-11(17)15-8-5-7(13)6-14-9(8)10(16)18-4/h5-6H,1-4H3,(H,15,17). The molecular formula is C12H15FN2O4. The van der Waals surface area contributed by atoms with E-state index in [2.05, 4.69) is 15.0 Å². The smallest absolute Gasteiger partial charge is 0.412 e. The zero-order valence-corrected chi connectivity index (χ0v) is 11.1. The Morgan fingerprint density at radius 3 is 2.53 bits per heavy atom. The van der Waals surface area contributed by atoms with Crippen LogP contribution in [0.5, 0.6) is 0 Å². The van der Waals surface area contributed by atoms with Crippen LogP contribution in [0.25, 0.3) is 0 Å². The molecule has 0 aliphatic rings. The van der Waals surface area contributed by atoms with E-state index < -0.39 is 23.5 Å². The van der Waals surface area contributed by atoms with Crippen molar-refractivity contribution in [2.75, 3.05) is 12.4 Å². The Labute approximate surface area is 109 Å². The van der Waals surface area contributed by atoms with Gasteiger partial charge in [-0.05, 0) is 20.8 Å². The maximum Gasteiger partial charge on any atom is 0.412 e. The number of hydrogen-bond acceptors (Lipinski definition) is 5. The number of methoxy groups -OCH3 is 1. The fraction of sp³-hybridized carbons (Fsp3) is 0.417. The fourth-order valence-electron chi connectivity index (χ4n) is 1.21.